The molecule has 0 aromatic heterocycles. The molecular formula is C16H34NOP. The van der Waals surface area contributed by atoms with Crippen LogP contribution in [0.1, 0.15) is 74.1 Å². The first-order chi connectivity index (χ1) is 8.67. The lowest BCUT2D eigenvalue weighted by Crippen LogP contribution is -2.61. The highest BCUT2D eigenvalue weighted by molar-refractivity contribution is 7.66. The molecule has 2 nitrogen and oxygen atoms in total. The average Bonchev–Trinajstić information content (AvgIpc) is 2.36. The van der Waals surface area contributed by atoms with Crippen molar-refractivity contribution in [3.8, 4) is 0 Å². The maximum Gasteiger partial charge on any atom is 0.161 e. The Morgan fingerprint density at radius 1 is 0.947 bits per heavy atom. The first kappa shape index (κ1) is 17.2. The molecule has 0 atom stereocenters. The van der Waals surface area contributed by atoms with Gasteiger partial charge in [0.05, 0.1) is 0 Å². The minimum Gasteiger partial charge on any atom is -0.305 e. The van der Waals surface area contributed by atoms with Crippen LogP contribution in [0.4, 0.5) is 0 Å². The maximum absolute atomic E-state index is 13.8. The quantitative estimate of drug-likeness (QED) is 0.586. The Labute approximate surface area is 120 Å². The molecular weight excluding hydrogens is 253 g/mol. The normalized spacial score (nSPS) is 32.3. The van der Waals surface area contributed by atoms with E-state index in [4.69, 9.17) is 0 Å². The molecule has 0 N–H and O–H groups in total. The van der Waals surface area contributed by atoms with E-state index >= 15 is 0 Å². The highest BCUT2D eigenvalue weighted by Gasteiger charge is 2.69. The molecule has 3 heteroatoms. The van der Waals surface area contributed by atoms with Crippen LogP contribution in [-0.4, -0.2) is 28.1 Å². The van der Waals surface area contributed by atoms with Crippen LogP contribution in [0.5, 0.6) is 0 Å². The molecule has 0 aliphatic carbocycles. The third-order valence-electron chi connectivity index (χ3n) is 5.62. The van der Waals surface area contributed by atoms with Crippen LogP contribution < -0.4 is 0 Å². The predicted octanol–water partition coefficient (Wildman–Crippen LogP) is 5.37. The van der Waals surface area contributed by atoms with Crippen LogP contribution in [0.15, 0.2) is 0 Å². The minimum absolute atomic E-state index is 0.0298. The summed E-state index contributed by atoms with van der Waals surface area (Å²) in [7, 11) is -2.29. The molecule has 0 saturated carbocycles. The highest BCUT2D eigenvalue weighted by Crippen LogP contribution is 2.83. The lowest BCUT2D eigenvalue weighted by atomic mass is 9.83. The molecule has 0 bridgehead atoms. The van der Waals surface area contributed by atoms with E-state index in [1.807, 2.05) is 0 Å². The number of hydrogen-bond donors (Lipinski definition) is 0. The molecule has 114 valence electrons. The molecule has 1 aliphatic heterocycles. The van der Waals surface area contributed by atoms with Gasteiger partial charge in [-0.25, -0.2) is 0 Å². The van der Waals surface area contributed by atoms with Gasteiger partial charge in [0.1, 0.15) is 0 Å². The molecule has 1 heterocycles. The second-order valence-corrected chi connectivity index (χ2v) is 11.3. The van der Waals surface area contributed by atoms with Crippen molar-refractivity contribution < 1.29 is 4.57 Å². The van der Waals surface area contributed by atoms with Gasteiger partial charge in [0.15, 0.2) is 7.29 Å². The third-order valence-corrected chi connectivity index (χ3v) is 10.7. The van der Waals surface area contributed by atoms with Crippen molar-refractivity contribution in [2.45, 2.75) is 84.5 Å². The van der Waals surface area contributed by atoms with Gasteiger partial charge in [0.2, 0.25) is 0 Å². The Balaban J connectivity index is 3.01. The molecule has 0 amide bonds. The number of hydrogen-bond acceptors (Lipinski definition) is 1. The summed E-state index contributed by atoms with van der Waals surface area (Å²) in [6.07, 6.45) is 4.68. The zero-order valence-corrected chi connectivity index (χ0v) is 15.0. The van der Waals surface area contributed by atoms with Crippen LogP contribution in [0.3, 0.4) is 0 Å². The Bertz CT molecular complexity index is 321. The van der Waals surface area contributed by atoms with Gasteiger partial charge in [-0.15, -0.1) is 0 Å². The first-order valence-electron chi connectivity index (χ1n) is 8.03. The van der Waals surface area contributed by atoms with Crippen molar-refractivity contribution in [1.82, 2.24) is 4.67 Å². The second-order valence-electron chi connectivity index (χ2n) is 7.27. The van der Waals surface area contributed by atoms with Crippen LogP contribution in [0.25, 0.3) is 0 Å². The minimum atomic E-state index is -2.29. The molecule has 0 aromatic rings. The third kappa shape index (κ3) is 2.44. The summed E-state index contributed by atoms with van der Waals surface area (Å²) in [6, 6.07) is 0. The summed E-state index contributed by atoms with van der Waals surface area (Å²) in [5.41, 5.74) is 0. The monoisotopic (exact) mass is 287 g/mol. The van der Waals surface area contributed by atoms with Gasteiger partial charge >= 0.3 is 0 Å². The average molecular weight is 287 g/mol. The lowest BCUT2D eigenvalue weighted by Gasteiger charge is -2.65. The summed E-state index contributed by atoms with van der Waals surface area (Å²) in [5, 5.41) is -0.0596. The number of rotatable bonds is 7. The highest BCUT2D eigenvalue weighted by atomic mass is 31.2. The van der Waals surface area contributed by atoms with Crippen LogP contribution in [0.2, 0.25) is 0 Å². The van der Waals surface area contributed by atoms with Crippen molar-refractivity contribution in [2.24, 2.45) is 5.92 Å². The Morgan fingerprint density at radius 3 is 1.63 bits per heavy atom. The van der Waals surface area contributed by atoms with E-state index in [2.05, 4.69) is 53.1 Å². The molecule has 1 aliphatic rings. The van der Waals surface area contributed by atoms with Crippen LogP contribution in [-0.2, 0) is 4.57 Å². The standard InChI is InChI=1S/C16H34NOP/c1-8-10-12-17(13-11-9-2)19(18)15(4,5)14(3)16(19,6)7/h14H,8-13H2,1-7H3. The summed E-state index contributed by atoms with van der Waals surface area (Å²) in [5.74, 6) is 0.525. The lowest BCUT2D eigenvalue weighted by molar-refractivity contribution is 0.222. The SMILES string of the molecule is CCCCN(CCCC)P1(=O)C(C)(C)C(C)C1(C)C. The van der Waals surface area contributed by atoms with Crippen molar-refractivity contribution in [3.05, 3.63) is 0 Å². The maximum atomic E-state index is 13.8. The van der Waals surface area contributed by atoms with E-state index in [1.165, 1.54) is 12.8 Å². The van der Waals surface area contributed by atoms with Crippen molar-refractivity contribution >= 4 is 7.29 Å². The smallest absolute Gasteiger partial charge is 0.161 e. The largest absolute Gasteiger partial charge is 0.305 e. The Morgan fingerprint density at radius 2 is 1.32 bits per heavy atom. The fourth-order valence-corrected chi connectivity index (χ4v) is 9.15. The second kappa shape index (κ2) is 5.90. The first-order valence-corrected chi connectivity index (χ1v) is 9.69. The summed E-state index contributed by atoms with van der Waals surface area (Å²) >= 11 is 0. The van der Waals surface area contributed by atoms with E-state index in [1.54, 1.807) is 0 Å². The topological polar surface area (TPSA) is 20.3 Å². The van der Waals surface area contributed by atoms with E-state index in [-0.39, 0.29) is 10.3 Å². The van der Waals surface area contributed by atoms with Crippen molar-refractivity contribution in [1.29, 1.82) is 0 Å². The summed E-state index contributed by atoms with van der Waals surface area (Å²) in [4.78, 5) is 0. The Hall–Kier alpha value is 0.190. The molecule has 1 saturated heterocycles. The van der Waals surface area contributed by atoms with E-state index in [0.29, 0.717) is 5.92 Å². The van der Waals surface area contributed by atoms with E-state index in [0.717, 1.165) is 25.9 Å². The molecule has 0 spiro atoms. The Kier molecular flexibility index (Phi) is 5.35. The fourth-order valence-electron chi connectivity index (χ4n) is 3.87. The molecule has 0 radical (unpaired) electrons. The van der Waals surface area contributed by atoms with Crippen molar-refractivity contribution in [2.75, 3.05) is 13.1 Å². The zero-order chi connectivity index (χ0) is 14.9. The fraction of sp³-hybridized carbons (Fsp3) is 1.00. The van der Waals surface area contributed by atoms with Gasteiger partial charge in [0.25, 0.3) is 0 Å². The number of unbranched alkanes of at least 4 members (excludes halogenated alkanes) is 2. The summed E-state index contributed by atoms with van der Waals surface area (Å²) < 4.78 is 16.2. The molecule has 0 unspecified atom stereocenters. The van der Waals surface area contributed by atoms with Gasteiger partial charge in [-0.05, 0) is 18.8 Å². The van der Waals surface area contributed by atoms with Crippen molar-refractivity contribution in [3.63, 3.8) is 0 Å². The number of nitrogens with zero attached hydrogens (tertiary/aromatic N) is 1. The van der Waals surface area contributed by atoms with Crippen LogP contribution >= 0.6 is 7.29 Å². The van der Waals surface area contributed by atoms with Gasteiger partial charge in [-0.1, -0.05) is 61.3 Å². The molecule has 1 fully saturated rings. The summed E-state index contributed by atoms with van der Waals surface area (Å²) in [6.45, 7) is 17.6. The van der Waals surface area contributed by atoms with Crippen LogP contribution in [0, 0.1) is 5.92 Å². The van der Waals surface area contributed by atoms with Gasteiger partial charge < -0.3 is 4.57 Å². The molecule has 0 aromatic carbocycles. The molecule has 1 rings (SSSR count). The zero-order valence-electron chi connectivity index (χ0n) is 14.1. The van der Waals surface area contributed by atoms with Gasteiger partial charge in [-0.2, -0.15) is 0 Å². The van der Waals surface area contributed by atoms with E-state index < -0.39 is 7.29 Å². The van der Waals surface area contributed by atoms with E-state index in [9.17, 15) is 4.57 Å². The predicted molar refractivity (Wildman–Crippen MR) is 86.3 cm³/mol. The van der Waals surface area contributed by atoms with Gasteiger partial charge in [-0.3, -0.25) is 4.67 Å². The van der Waals surface area contributed by atoms with Gasteiger partial charge in [0, 0.05) is 23.4 Å². The molecule has 19 heavy (non-hydrogen) atoms.